The van der Waals surface area contributed by atoms with E-state index in [0.717, 1.165) is 5.33 Å². The molecule has 0 aliphatic heterocycles. The zero-order valence-corrected chi connectivity index (χ0v) is 9.78. The maximum atomic E-state index is 3.47. The van der Waals surface area contributed by atoms with Gasteiger partial charge < -0.3 is 0 Å². The van der Waals surface area contributed by atoms with Crippen molar-refractivity contribution in [1.29, 1.82) is 0 Å². The van der Waals surface area contributed by atoms with E-state index in [4.69, 9.17) is 0 Å². The molecule has 66 valence electrons. The molecule has 0 amide bonds. The van der Waals surface area contributed by atoms with Crippen LogP contribution in [0.4, 0.5) is 0 Å². The monoisotopic (exact) mass is 244 g/mol. The number of aryl methyl sites for hydroxylation is 1. The fourth-order valence-corrected chi connectivity index (χ4v) is 2.10. The van der Waals surface area contributed by atoms with Crippen LogP contribution in [0.1, 0.15) is 12.5 Å². The second-order valence-electron chi connectivity index (χ2n) is 2.90. The van der Waals surface area contributed by atoms with Crippen LogP contribution in [0.5, 0.6) is 0 Å². The lowest BCUT2D eigenvalue weighted by Crippen LogP contribution is -1.95. The topological polar surface area (TPSA) is 0 Å². The quantitative estimate of drug-likeness (QED) is 0.575. The molecule has 1 aromatic rings. The molecular formula is C10H13BrS. The second-order valence-corrected chi connectivity index (χ2v) is 5.06. The van der Waals surface area contributed by atoms with Crippen LogP contribution >= 0.6 is 27.7 Å². The van der Waals surface area contributed by atoms with E-state index in [1.165, 1.54) is 10.5 Å². The first-order valence-electron chi connectivity index (χ1n) is 4.01. The Bertz CT molecular complexity index is 230. The summed E-state index contributed by atoms with van der Waals surface area (Å²) >= 11 is 5.37. The summed E-state index contributed by atoms with van der Waals surface area (Å²) < 4.78 is 0. The van der Waals surface area contributed by atoms with Crippen molar-refractivity contribution in [2.75, 3.05) is 5.33 Å². The Morgan fingerprint density at radius 2 is 1.92 bits per heavy atom. The van der Waals surface area contributed by atoms with Gasteiger partial charge >= 0.3 is 0 Å². The van der Waals surface area contributed by atoms with Crippen LogP contribution in [0, 0.1) is 6.92 Å². The highest BCUT2D eigenvalue weighted by atomic mass is 79.9. The van der Waals surface area contributed by atoms with E-state index < -0.39 is 0 Å². The second kappa shape index (κ2) is 4.93. The van der Waals surface area contributed by atoms with Gasteiger partial charge in [0.25, 0.3) is 0 Å². The van der Waals surface area contributed by atoms with Crippen LogP contribution < -0.4 is 0 Å². The standard InChI is InChI=1S/C10H13BrS/c1-8-3-5-10(6-4-8)12-9(2)7-11/h3-6,9H,7H2,1-2H3. The van der Waals surface area contributed by atoms with Crippen molar-refractivity contribution in [3.63, 3.8) is 0 Å². The number of alkyl halides is 1. The van der Waals surface area contributed by atoms with Crippen molar-refractivity contribution in [2.45, 2.75) is 24.0 Å². The molecule has 0 aromatic heterocycles. The molecule has 0 saturated heterocycles. The van der Waals surface area contributed by atoms with Gasteiger partial charge in [0.2, 0.25) is 0 Å². The summed E-state index contributed by atoms with van der Waals surface area (Å²) in [4.78, 5) is 1.35. The van der Waals surface area contributed by atoms with Crippen LogP contribution in [0.2, 0.25) is 0 Å². The molecule has 0 fully saturated rings. The van der Waals surface area contributed by atoms with E-state index in [0.29, 0.717) is 5.25 Å². The van der Waals surface area contributed by atoms with Gasteiger partial charge in [0, 0.05) is 15.5 Å². The zero-order valence-electron chi connectivity index (χ0n) is 7.38. The van der Waals surface area contributed by atoms with Gasteiger partial charge in [0.05, 0.1) is 0 Å². The minimum Gasteiger partial charge on any atom is -0.122 e. The molecule has 0 aliphatic rings. The molecule has 0 aliphatic carbocycles. The smallest absolute Gasteiger partial charge is 0.0163 e. The lowest BCUT2D eigenvalue weighted by Gasteiger charge is -2.06. The van der Waals surface area contributed by atoms with Gasteiger partial charge in [-0.3, -0.25) is 0 Å². The summed E-state index contributed by atoms with van der Waals surface area (Å²) in [5.41, 5.74) is 1.32. The highest BCUT2D eigenvalue weighted by Crippen LogP contribution is 2.24. The number of rotatable bonds is 3. The van der Waals surface area contributed by atoms with Crippen molar-refractivity contribution in [1.82, 2.24) is 0 Å². The van der Waals surface area contributed by atoms with E-state index in [1.54, 1.807) is 0 Å². The Hall–Kier alpha value is 0.0500. The molecule has 0 spiro atoms. The summed E-state index contributed by atoms with van der Waals surface area (Å²) in [5, 5.41) is 1.69. The molecule has 0 heterocycles. The third-order valence-electron chi connectivity index (χ3n) is 1.58. The summed E-state index contributed by atoms with van der Waals surface area (Å²) in [6.07, 6.45) is 0. The van der Waals surface area contributed by atoms with E-state index >= 15 is 0 Å². The van der Waals surface area contributed by atoms with Crippen molar-refractivity contribution < 1.29 is 0 Å². The van der Waals surface area contributed by atoms with Gasteiger partial charge in [-0.05, 0) is 19.1 Å². The predicted octanol–water partition coefficient (Wildman–Crippen LogP) is 3.87. The predicted molar refractivity (Wildman–Crippen MR) is 60.3 cm³/mol. The Morgan fingerprint density at radius 3 is 2.42 bits per heavy atom. The highest BCUT2D eigenvalue weighted by Gasteiger charge is 2.00. The fraction of sp³-hybridized carbons (Fsp3) is 0.400. The first kappa shape index (κ1) is 10.1. The van der Waals surface area contributed by atoms with E-state index in [2.05, 4.69) is 54.0 Å². The third kappa shape index (κ3) is 3.20. The zero-order chi connectivity index (χ0) is 8.97. The Kier molecular flexibility index (Phi) is 4.16. The average Bonchev–Trinajstić information content (AvgIpc) is 2.09. The molecule has 0 radical (unpaired) electrons. The van der Waals surface area contributed by atoms with Gasteiger partial charge in [-0.2, -0.15) is 0 Å². The maximum Gasteiger partial charge on any atom is 0.0163 e. The Morgan fingerprint density at radius 1 is 1.33 bits per heavy atom. The van der Waals surface area contributed by atoms with Gasteiger partial charge in [0.15, 0.2) is 0 Å². The van der Waals surface area contributed by atoms with Crippen molar-refractivity contribution in [2.24, 2.45) is 0 Å². The van der Waals surface area contributed by atoms with Crippen LogP contribution in [-0.2, 0) is 0 Å². The van der Waals surface area contributed by atoms with E-state index in [9.17, 15) is 0 Å². The minimum atomic E-state index is 0.646. The fourth-order valence-electron chi connectivity index (χ4n) is 0.881. The van der Waals surface area contributed by atoms with Crippen molar-refractivity contribution in [3.8, 4) is 0 Å². The van der Waals surface area contributed by atoms with Gasteiger partial charge in [-0.15, -0.1) is 11.8 Å². The first-order valence-corrected chi connectivity index (χ1v) is 6.02. The number of hydrogen-bond acceptors (Lipinski definition) is 1. The van der Waals surface area contributed by atoms with Crippen LogP contribution in [0.25, 0.3) is 0 Å². The minimum absolute atomic E-state index is 0.646. The molecule has 1 aromatic carbocycles. The first-order chi connectivity index (χ1) is 5.72. The van der Waals surface area contributed by atoms with Crippen molar-refractivity contribution in [3.05, 3.63) is 29.8 Å². The van der Waals surface area contributed by atoms with Gasteiger partial charge in [0.1, 0.15) is 0 Å². The van der Waals surface area contributed by atoms with Gasteiger partial charge in [-0.25, -0.2) is 0 Å². The Labute approximate surface area is 86.9 Å². The van der Waals surface area contributed by atoms with Gasteiger partial charge in [-0.1, -0.05) is 40.5 Å². The third-order valence-corrected chi connectivity index (χ3v) is 4.09. The molecule has 0 nitrogen and oxygen atoms in total. The molecule has 12 heavy (non-hydrogen) atoms. The maximum absolute atomic E-state index is 3.47. The Balaban J connectivity index is 2.58. The lowest BCUT2D eigenvalue weighted by molar-refractivity contribution is 1.14. The van der Waals surface area contributed by atoms with Crippen LogP contribution in [0.15, 0.2) is 29.2 Å². The van der Waals surface area contributed by atoms with E-state index in [1.807, 2.05) is 11.8 Å². The summed E-state index contributed by atoms with van der Waals surface area (Å²) in [6.45, 7) is 4.33. The van der Waals surface area contributed by atoms with Crippen molar-refractivity contribution >= 4 is 27.7 Å². The number of thioether (sulfide) groups is 1. The number of benzene rings is 1. The largest absolute Gasteiger partial charge is 0.122 e. The lowest BCUT2D eigenvalue weighted by atomic mass is 10.2. The molecule has 1 atom stereocenters. The highest BCUT2D eigenvalue weighted by molar-refractivity contribution is 9.09. The van der Waals surface area contributed by atoms with E-state index in [-0.39, 0.29) is 0 Å². The summed E-state index contributed by atoms with van der Waals surface area (Å²) in [7, 11) is 0. The summed E-state index contributed by atoms with van der Waals surface area (Å²) in [5.74, 6) is 0. The van der Waals surface area contributed by atoms with Crippen LogP contribution in [0.3, 0.4) is 0 Å². The summed E-state index contributed by atoms with van der Waals surface area (Å²) in [6, 6.07) is 8.67. The molecule has 1 unspecified atom stereocenters. The molecule has 2 heteroatoms. The number of hydrogen-bond donors (Lipinski definition) is 0. The molecule has 0 bridgehead atoms. The normalized spacial score (nSPS) is 12.9. The molecule has 0 saturated carbocycles. The SMILES string of the molecule is Cc1ccc(SC(C)CBr)cc1. The molecule has 0 N–H and O–H groups in total. The number of halogens is 1. The van der Waals surface area contributed by atoms with Crippen LogP contribution in [-0.4, -0.2) is 10.6 Å². The molecule has 1 rings (SSSR count). The molecular weight excluding hydrogens is 232 g/mol. The average molecular weight is 245 g/mol.